The van der Waals surface area contributed by atoms with Gasteiger partial charge < -0.3 is 10.2 Å². The fourth-order valence-electron chi connectivity index (χ4n) is 2.99. The Morgan fingerprint density at radius 3 is 2.96 bits per heavy atom. The lowest BCUT2D eigenvalue weighted by Gasteiger charge is -2.23. The lowest BCUT2D eigenvalue weighted by molar-refractivity contribution is -0.129. The Kier molecular flexibility index (Phi) is 4.28. The minimum absolute atomic E-state index is 0.0653. The molecular formula is C18H21N3O2. The summed E-state index contributed by atoms with van der Waals surface area (Å²) in [5, 5.41) is 3.93. The van der Waals surface area contributed by atoms with E-state index in [0.29, 0.717) is 12.2 Å². The van der Waals surface area contributed by atoms with Crippen LogP contribution >= 0.6 is 0 Å². The molecule has 120 valence electrons. The molecule has 5 heteroatoms. The van der Waals surface area contributed by atoms with Crippen molar-refractivity contribution in [3.8, 4) is 0 Å². The molecule has 2 unspecified atom stereocenters. The van der Waals surface area contributed by atoms with Gasteiger partial charge in [0.05, 0.1) is 17.1 Å². The molecule has 5 nitrogen and oxygen atoms in total. The lowest BCUT2D eigenvalue weighted by atomic mass is 10.1. The molecule has 3 rings (SSSR count). The van der Waals surface area contributed by atoms with Gasteiger partial charge in [-0.15, -0.1) is 0 Å². The molecule has 2 atom stereocenters. The van der Waals surface area contributed by atoms with E-state index in [1.165, 1.54) is 0 Å². The lowest BCUT2D eigenvalue weighted by Crippen LogP contribution is -2.35. The van der Waals surface area contributed by atoms with E-state index >= 15 is 0 Å². The van der Waals surface area contributed by atoms with E-state index in [2.05, 4.69) is 10.3 Å². The van der Waals surface area contributed by atoms with Gasteiger partial charge in [0.1, 0.15) is 0 Å². The van der Waals surface area contributed by atoms with E-state index in [1.54, 1.807) is 6.20 Å². The van der Waals surface area contributed by atoms with Gasteiger partial charge in [0.15, 0.2) is 0 Å². The molecular weight excluding hydrogens is 290 g/mol. The number of pyridine rings is 1. The molecule has 23 heavy (non-hydrogen) atoms. The number of rotatable bonds is 4. The first-order valence-corrected chi connectivity index (χ1v) is 8.04. The third-order valence-electron chi connectivity index (χ3n) is 4.54. The molecule has 2 amide bonds. The first-order valence-electron chi connectivity index (χ1n) is 8.04. The number of benzene rings is 1. The summed E-state index contributed by atoms with van der Waals surface area (Å²) in [4.78, 5) is 30.8. The minimum Gasteiger partial charge on any atom is -0.339 e. The highest BCUT2D eigenvalue weighted by Crippen LogP contribution is 2.25. The molecule has 0 aliphatic carbocycles. The number of carbonyl (C=O) groups is 2. The van der Waals surface area contributed by atoms with Gasteiger partial charge in [-0.1, -0.05) is 25.1 Å². The van der Waals surface area contributed by atoms with Gasteiger partial charge >= 0.3 is 0 Å². The number of fused-ring (bicyclic) bond motifs is 1. The number of hydrogen-bond donors (Lipinski definition) is 1. The van der Waals surface area contributed by atoms with Crippen molar-refractivity contribution < 1.29 is 9.59 Å². The maximum atomic E-state index is 12.5. The average molecular weight is 311 g/mol. The first-order chi connectivity index (χ1) is 11.1. The molecule has 2 aromatic rings. The van der Waals surface area contributed by atoms with Crippen molar-refractivity contribution in [3.63, 3.8) is 0 Å². The van der Waals surface area contributed by atoms with Crippen LogP contribution in [0.5, 0.6) is 0 Å². The van der Waals surface area contributed by atoms with Gasteiger partial charge in [0.2, 0.25) is 11.8 Å². The van der Waals surface area contributed by atoms with Crippen LogP contribution in [0, 0.1) is 5.92 Å². The number of para-hydroxylation sites is 1. The van der Waals surface area contributed by atoms with Crippen LogP contribution in [0.2, 0.25) is 0 Å². The Morgan fingerprint density at radius 1 is 1.39 bits per heavy atom. The normalized spacial score (nSPS) is 19.1. The van der Waals surface area contributed by atoms with Crippen LogP contribution in [0.25, 0.3) is 10.9 Å². The monoisotopic (exact) mass is 311 g/mol. The van der Waals surface area contributed by atoms with Crippen LogP contribution in [0.3, 0.4) is 0 Å². The van der Waals surface area contributed by atoms with Gasteiger partial charge in [-0.2, -0.15) is 0 Å². The molecule has 0 radical (unpaired) electrons. The quantitative estimate of drug-likeness (QED) is 0.944. The third kappa shape index (κ3) is 3.04. The van der Waals surface area contributed by atoms with Gasteiger partial charge in [0, 0.05) is 30.6 Å². The summed E-state index contributed by atoms with van der Waals surface area (Å²) < 4.78 is 0. The molecule has 0 spiro atoms. The van der Waals surface area contributed by atoms with Crippen LogP contribution < -0.4 is 5.32 Å². The molecule has 0 saturated carbocycles. The summed E-state index contributed by atoms with van der Waals surface area (Å²) in [5.74, 6) is -0.340. The summed E-state index contributed by atoms with van der Waals surface area (Å²) in [6.45, 7) is 4.57. The predicted octanol–water partition coefficient (Wildman–Crippen LogP) is 2.82. The Balaban J connectivity index is 1.76. The van der Waals surface area contributed by atoms with Crippen LogP contribution in [0.4, 0.5) is 5.69 Å². The third-order valence-corrected chi connectivity index (χ3v) is 4.54. The Bertz CT molecular complexity index is 739. The topological polar surface area (TPSA) is 62.3 Å². The van der Waals surface area contributed by atoms with Crippen molar-refractivity contribution in [2.24, 2.45) is 5.92 Å². The van der Waals surface area contributed by atoms with Crippen LogP contribution in [-0.2, 0) is 9.59 Å². The van der Waals surface area contributed by atoms with Crippen LogP contribution in [0.1, 0.15) is 26.7 Å². The van der Waals surface area contributed by atoms with E-state index in [0.717, 1.165) is 17.3 Å². The molecule has 1 N–H and O–H groups in total. The van der Waals surface area contributed by atoms with Gasteiger partial charge in [-0.05, 0) is 25.5 Å². The highest BCUT2D eigenvalue weighted by atomic mass is 16.2. The summed E-state index contributed by atoms with van der Waals surface area (Å²) in [5.41, 5.74) is 1.47. The Morgan fingerprint density at radius 2 is 2.17 bits per heavy atom. The molecule has 1 fully saturated rings. The minimum atomic E-state index is -0.296. The molecule has 2 heterocycles. The maximum Gasteiger partial charge on any atom is 0.229 e. The zero-order valence-electron chi connectivity index (χ0n) is 13.5. The van der Waals surface area contributed by atoms with Gasteiger partial charge in [-0.25, -0.2) is 0 Å². The van der Waals surface area contributed by atoms with Crippen molar-refractivity contribution in [3.05, 3.63) is 36.5 Å². The largest absolute Gasteiger partial charge is 0.339 e. The molecule has 1 saturated heterocycles. The van der Waals surface area contributed by atoms with Crippen molar-refractivity contribution in [1.29, 1.82) is 0 Å². The second kappa shape index (κ2) is 6.36. The smallest absolute Gasteiger partial charge is 0.229 e. The standard InChI is InChI=1S/C18H21N3O2/c1-3-12(2)21-11-14(10-16(21)22)18(23)20-15-8-4-6-13-7-5-9-19-17(13)15/h4-9,12,14H,3,10-11H2,1-2H3,(H,20,23). The highest BCUT2D eigenvalue weighted by Gasteiger charge is 2.36. The molecule has 1 aromatic carbocycles. The number of amides is 2. The fraction of sp³-hybridized carbons (Fsp3) is 0.389. The maximum absolute atomic E-state index is 12.5. The number of nitrogens with zero attached hydrogens (tertiary/aromatic N) is 2. The second-order valence-corrected chi connectivity index (χ2v) is 6.07. The van der Waals surface area contributed by atoms with Crippen molar-refractivity contribution in [2.45, 2.75) is 32.7 Å². The van der Waals surface area contributed by atoms with Crippen molar-refractivity contribution in [1.82, 2.24) is 9.88 Å². The fourth-order valence-corrected chi connectivity index (χ4v) is 2.99. The SMILES string of the molecule is CCC(C)N1CC(C(=O)Nc2cccc3cccnc23)CC1=O. The Hall–Kier alpha value is -2.43. The van der Waals surface area contributed by atoms with Gasteiger partial charge in [0.25, 0.3) is 0 Å². The number of hydrogen-bond acceptors (Lipinski definition) is 3. The number of carbonyl (C=O) groups excluding carboxylic acids is 2. The van der Waals surface area contributed by atoms with E-state index in [-0.39, 0.29) is 30.2 Å². The summed E-state index contributed by atoms with van der Waals surface area (Å²) in [6, 6.07) is 9.71. The molecule has 1 aromatic heterocycles. The van der Waals surface area contributed by atoms with Crippen LogP contribution in [0.15, 0.2) is 36.5 Å². The van der Waals surface area contributed by atoms with E-state index < -0.39 is 0 Å². The first kappa shape index (κ1) is 15.5. The van der Waals surface area contributed by atoms with Crippen molar-refractivity contribution in [2.75, 3.05) is 11.9 Å². The summed E-state index contributed by atoms with van der Waals surface area (Å²) in [7, 11) is 0. The van der Waals surface area contributed by atoms with Gasteiger partial charge in [-0.3, -0.25) is 14.6 Å². The second-order valence-electron chi connectivity index (χ2n) is 6.07. The number of aromatic nitrogens is 1. The van der Waals surface area contributed by atoms with E-state index in [4.69, 9.17) is 0 Å². The van der Waals surface area contributed by atoms with Crippen molar-refractivity contribution >= 4 is 28.4 Å². The molecule has 1 aliphatic heterocycles. The Labute approximate surface area is 135 Å². The molecule has 0 bridgehead atoms. The van der Waals surface area contributed by atoms with E-state index in [1.807, 2.05) is 49.1 Å². The van der Waals surface area contributed by atoms with E-state index in [9.17, 15) is 9.59 Å². The van der Waals surface area contributed by atoms with Crippen LogP contribution in [-0.4, -0.2) is 34.3 Å². The zero-order valence-corrected chi connectivity index (χ0v) is 13.5. The average Bonchev–Trinajstić information content (AvgIpc) is 2.96. The number of anilines is 1. The summed E-state index contributed by atoms with van der Waals surface area (Å²) >= 11 is 0. The number of nitrogens with one attached hydrogen (secondary N) is 1. The summed E-state index contributed by atoms with van der Waals surface area (Å²) in [6.07, 6.45) is 2.89. The zero-order chi connectivity index (χ0) is 16.4. The predicted molar refractivity (Wildman–Crippen MR) is 89.9 cm³/mol. The number of likely N-dealkylation sites (tertiary alicyclic amines) is 1. The molecule has 1 aliphatic rings. The highest BCUT2D eigenvalue weighted by molar-refractivity contribution is 6.03.